The van der Waals surface area contributed by atoms with Crippen LogP contribution in [-0.2, 0) is 0 Å². The lowest BCUT2D eigenvalue weighted by atomic mass is 9.99. The van der Waals surface area contributed by atoms with E-state index in [4.69, 9.17) is 10.8 Å². The molecule has 1 fully saturated rings. The highest BCUT2D eigenvalue weighted by atomic mass is 16.2. The summed E-state index contributed by atoms with van der Waals surface area (Å²) in [4.78, 5) is 15.2. The normalized spacial score (nSPS) is 17.0. The van der Waals surface area contributed by atoms with Gasteiger partial charge >= 0.3 is 0 Å². The van der Waals surface area contributed by atoms with E-state index in [-0.39, 0.29) is 11.9 Å². The maximum absolute atomic E-state index is 13.4. The van der Waals surface area contributed by atoms with Crippen LogP contribution in [0.15, 0.2) is 54.7 Å². The summed E-state index contributed by atoms with van der Waals surface area (Å²) < 4.78 is 1.80. The molecule has 28 heavy (non-hydrogen) atoms. The highest BCUT2D eigenvalue weighted by molar-refractivity contribution is 6.00. The van der Waals surface area contributed by atoms with Crippen molar-refractivity contribution in [2.24, 2.45) is 5.73 Å². The van der Waals surface area contributed by atoms with Crippen molar-refractivity contribution in [2.45, 2.75) is 32.7 Å². The number of nitrogens with two attached hydrogens (primary N) is 1. The molecule has 1 saturated heterocycles. The van der Waals surface area contributed by atoms with Crippen LogP contribution in [-0.4, -0.2) is 39.7 Å². The Bertz CT molecular complexity index is 993. The third kappa shape index (κ3) is 3.58. The van der Waals surface area contributed by atoms with Crippen molar-refractivity contribution in [2.75, 3.05) is 13.1 Å². The first kappa shape index (κ1) is 18.4. The van der Waals surface area contributed by atoms with Crippen molar-refractivity contribution >= 4 is 5.91 Å². The fourth-order valence-corrected chi connectivity index (χ4v) is 3.89. The molecule has 0 spiro atoms. The number of piperidine rings is 1. The molecule has 144 valence electrons. The minimum absolute atomic E-state index is 0.00676. The van der Waals surface area contributed by atoms with Gasteiger partial charge in [0.05, 0.1) is 11.3 Å². The van der Waals surface area contributed by atoms with Crippen LogP contribution in [0.1, 0.15) is 34.3 Å². The van der Waals surface area contributed by atoms with Gasteiger partial charge in [0.2, 0.25) is 0 Å². The van der Waals surface area contributed by atoms with E-state index in [1.54, 1.807) is 4.68 Å². The molecule has 0 aliphatic carbocycles. The molecule has 1 aliphatic rings. The van der Waals surface area contributed by atoms with E-state index >= 15 is 0 Å². The Morgan fingerprint density at radius 2 is 1.93 bits per heavy atom. The maximum atomic E-state index is 13.4. The summed E-state index contributed by atoms with van der Waals surface area (Å²) in [5.74, 6) is 0.00676. The number of para-hydroxylation sites is 1. The maximum Gasteiger partial charge on any atom is 0.257 e. The van der Waals surface area contributed by atoms with Crippen LogP contribution in [0, 0.1) is 13.8 Å². The predicted octanol–water partition coefficient (Wildman–Crippen LogP) is 3.72. The highest BCUT2D eigenvalue weighted by Crippen LogP contribution is 2.29. The number of likely N-dealkylation sites (tertiary alicyclic amines) is 1. The van der Waals surface area contributed by atoms with Crippen LogP contribution in [0.3, 0.4) is 0 Å². The Hall–Kier alpha value is -2.92. The third-order valence-electron chi connectivity index (χ3n) is 5.35. The number of nitrogens with zero attached hydrogens (tertiary/aromatic N) is 3. The van der Waals surface area contributed by atoms with Crippen LogP contribution in [0.25, 0.3) is 16.9 Å². The van der Waals surface area contributed by atoms with E-state index < -0.39 is 0 Å². The molecule has 1 aliphatic heterocycles. The molecule has 1 atom stereocenters. The SMILES string of the molecule is Cc1ccc(-c2nn(-c3ccccc3)cc2C(=O)N2CCCC(N)C2)c(C)c1. The molecule has 0 saturated carbocycles. The second kappa shape index (κ2) is 7.60. The lowest BCUT2D eigenvalue weighted by Gasteiger charge is -2.30. The van der Waals surface area contributed by atoms with E-state index in [0.29, 0.717) is 12.1 Å². The Labute approximate surface area is 165 Å². The second-order valence-corrected chi connectivity index (χ2v) is 7.64. The molecule has 0 radical (unpaired) electrons. The zero-order valence-corrected chi connectivity index (χ0v) is 16.4. The molecule has 1 unspecified atom stereocenters. The average molecular weight is 374 g/mol. The first-order valence-corrected chi connectivity index (χ1v) is 9.80. The van der Waals surface area contributed by atoms with Crippen molar-refractivity contribution < 1.29 is 4.79 Å². The summed E-state index contributed by atoms with van der Waals surface area (Å²) in [5, 5.41) is 4.81. The number of carbonyl (C=O) groups excluding carboxylic acids is 1. The first-order chi connectivity index (χ1) is 13.5. The monoisotopic (exact) mass is 374 g/mol. The molecular weight excluding hydrogens is 348 g/mol. The predicted molar refractivity (Wildman–Crippen MR) is 112 cm³/mol. The molecular formula is C23H26N4O. The topological polar surface area (TPSA) is 64.2 Å². The number of rotatable bonds is 3. The van der Waals surface area contributed by atoms with Gasteiger partial charge in [-0.15, -0.1) is 0 Å². The molecule has 3 aromatic rings. The molecule has 5 heteroatoms. The number of aryl methyl sites for hydroxylation is 2. The van der Waals surface area contributed by atoms with Crippen molar-refractivity contribution in [1.82, 2.24) is 14.7 Å². The number of aromatic nitrogens is 2. The molecule has 1 aromatic heterocycles. The first-order valence-electron chi connectivity index (χ1n) is 9.80. The van der Waals surface area contributed by atoms with Crippen molar-refractivity contribution in [3.05, 3.63) is 71.4 Å². The molecule has 4 rings (SSSR count). The fraction of sp³-hybridized carbons (Fsp3) is 0.304. The van der Waals surface area contributed by atoms with Crippen molar-refractivity contribution in [3.8, 4) is 16.9 Å². The van der Waals surface area contributed by atoms with Gasteiger partial charge in [-0.1, -0.05) is 42.0 Å². The number of amides is 1. The quantitative estimate of drug-likeness (QED) is 0.760. The van der Waals surface area contributed by atoms with Crippen LogP contribution in [0.4, 0.5) is 0 Å². The van der Waals surface area contributed by atoms with E-state index in [9.17, 15) is 4.79 Å². The molecule has 0 bridgehead atoms. The van der Waals surface area contributed by atoms with Gasteiger partial charge < -0.3 is 10.6 Å². The van der Waals surface area contributed by atoms with E-state index in [2.05, 4.69) is 32.0 Å². The highest BCUT2D eigenvalue weighted by Gasteiger charge is 2.27. The second-order valence-electron chi connectivity index (χ2n) is 7.64. The van der Waals surface area contributed by atoms with Gasteiger partial charge in [-0.25, -0.2) is 4.68 Å². The van der Waals surface area contributed by atoms with E-state index in [1.165, 1.54) is 5.56 Å². The van der Waals surface area contributed by atoms with Gasteiger partial charge in [0.15, 0.2) is 0 Å². The smallest absolute Gasteiger partial charge is 0.257 e. The standard InChI is InChI=1S/C23H26N4O/c1-16-10-11-20(17(2)13-16)22-21(23(28)26-12-6-7-18(24)14-26)15-27(25-22)19-8-4-3-5-9-19/h3-5,8-11,13,15,18H,6-7,12,14,24H2,1-2H3. The minimum atomic E-state index is 0.00676. The largest absolute Gasteiger partial charge is 0.337 e. The summed E-state index contributed by atoms with van der Waals surface area (Å²) in [5.41, 5.74) is 11.7. The van der Waals surface area contributed by atoms with Crippen LogP contribution >= 0.6 is 0 Å². The molecule has 2 N–H and O–H groups in total. The van der Waals surface area contributed by atoms with E-state index in [1.807, 2.05) is 41.4 Å². The van der Waals surface area contributed by atoms with Gasteiger partial charge in [0.1, 0.15) is 5.69 Å². The minimum Gasteiger partial charge on any atom is -0.337 e. The van der Waals surface area contributed by atoms with Crippen LogP contribution in [0.5, 0.6) is 0 Å². The Morgan fingerprint density at radius 3 is 2.64 bits per heavy atom. The summed E-state index contributed by atoms with van der Waals surface area (Å²) in [6.45, 7) is 5.48. The Morgan fingerprint density at radius 1 is 1.14 bits per heavy atom. The van der Waals surface area contributed by atoms with Crippen LogP contribution in [0.2, 0.25) is 0 Å². The number of benzene rings is 2. The van der Waals surface area contributed by atoms with Crippen molar-refractivity contribution in [3.63, 3.8) is 0 Å². The fourth-order valence-electron chi connectivity index (χ4n) is 3.89. The zero-order valence-electron chi connectivity index (χ0n) is 16.4. The number of carbonyl (C=O) groups is 1. The number of hydrogen-bond acceptors (Lipinski definition) is 3. The molecule has 2 aromatic carbocycles. The van der Waals surface area contributed by atoms with Gasteiger partial charge in [-0.3, -0.25) is 4.79 Å². The lowest BCUT2D eigenvalue weighted by Crippen LogP contribution is -2.45. The number of hydrogen-bond donors (Lipinski definition) is 1. The van der Waals surface area contributed by atoms with Gasteiger partial charge in [-0.05, 0) is 44.4 Å². The van der Waals surface area contributed by atoms with E-state index in [0.717, 1.165) is 41.9 Å². The van der Waals surface area contributed by atoms with Crippen molar-refractivity contribution in [1.29, 1.82) is 0 Å². The summed E-state index contributed by atoms with van der Waals surface area (Å²) in [6, 6.07) is 16.2. The third-order valence-corrected chi connectivity index (χ3v) is 5.35. The summed E-state index contributed by atoms with van der Waals surface area (Å²) in [7, 11) is 0. The zero-order chi connectivity index (χ0) is 19.7. The molecule has 1 amide bonds. The molecule has 5 nitrogen and oxygen atoms in total. The average Bonchev–Trinajstić information content (AvgIpc) is 3.13. The molecule has 2 heterocycles. The summed E-state index contributed by atoms with van der Waals surface area (Å²) >= 11 is 0. The van der Waals surface area contributed by atoms with Crippen LogP contribution < -0.4 is 5.73 Å². The lowest BCUT2D eigenvalue weighted by molar-refractivity contribution is 0.0709. The Kier molecular flexibility index (Phi) is 5.01. The van der Waals surface area contributed by atoms with Gasteiger partial charge in [-0.2, -0.15) is 5.10 Å². The van der Waals surface area contributed by atoms with Gasteiger partial charge in [0.25, 0.3) is 5.91 Å². The summed E-state index contributed by atoms with van der Waals surface area (Å²) in [6.07, 6.45) is 3.77. The Balaban J connectivity index is 1.81. The van der Waals surface area contributed by atoms with Gasteiger partial charge in [0, 0.05) is 30.9 Å².